The average Bonchev–Trinajstić information content (AvgIpc) is 3.19. The van der Waals surface area contributed by atoms with Gasteiger partial charge in [-0.1, -0.05) is 42.5 Å². The number of rotatable bonds is 5. The van der Waals surface area contributed by atoms with Crippen LogP contribution in [-0.4, -0.2) is 66.2 Å². The van der Waals surface area contributed by atoms with Gasteiger partial charge in [-0.15, -0.1) is 0 Å². The number of carbonyl (C=O) groups excluding carboxylic acids is 2. The van der Waals surface area contributed by atoms with Crippen molar-refractivity contribution < 1.29 is 38.4 Å². The van der Waals surface area contributed by atoms with E-state index in [9.17, 15) is 14.7 Å². The molecule has 190 valence electrons. The van der Waals surface area contributed by atoms with E-state index in [1.165, 1.54) is 0 Å². The molecule has 3 aliphatic heterocycles. The van der Waals surface area contributed by atoms with Crippen LogP contribution in [0.3, 0.4) is 0 Å². The first-order valence-electron chi connectivity index (χ1n) is 12.0. The predicted octanol–water partition coefficient (Wildman–Crippen LogP) is 2.94. The minimum absolute atomic E-state index is 0.124. The van der Waals surface area contributed by atoms with Crippen LogP contribution in [0.25, 0.3) is 0 Å². The minimum Gasteiger partial charge on any atom is -0.497 e. The quantitative estimate of drug-likeness (QED) is 0.530. The molecule has 3 heterocycles. The Labute approximate surface area is 213 Å². The lowest BCUT2D eigenvalue weighted by Crippen LogP contribution is -2.68. The van der Waals surface area contributed by atoms with Crippen LogP contribution in [0.2, 0.25) is 0 Å². The van der Waals surface area contributed by atoms with Gasteiger partial charge in [0.15, 0.2) is 6.29 Å². The van der Waals surface area contributed by atoms with Gasteiger partial charge >= 0.3 is 0 Å². The van der Waals surface area contributed by atoms with E-state index in [1.807, 2.05) is 30.3 Å². The SMILES string of the molecule is COc1ccc(O[C@@H]2O[C@@H]3COC(c4ccccc4)O[C@H]3[C@H](O)[C@H]2N2C(=O)c3ccccc3C2=O)cc1. The summed E-state index contributed by atoms with van der Waals surface area (Å²) in [4.78, 5) is 27.8. The van der Waals surface area contributed by atoms with Gasteiger partial charge in [-0.2, -0.15) is 0 Å². The maximum Gasteiger partial charge on any atom is 0.262 e. The normalized spacial score (nSPS) is 29.0. The standard InChI is InChI=1S/C28H25NO8/c1-33-17-11-13-18(14-12-17)35-28-22(29-25(31)19-9-5-6-10-20(19)26(29)32)23(30)24-21(36-28)15-34-27(37-24)16-7-3-2-4-8-16/h2-14,21-24,27-28,30H,15H2,1H3/t21-,22-,23-,24-,27?,28-/m1/s1. The van der Waals surface area contributed by atoms with E-state index in [-0.39, 0.29) is 17.7 Å². The van der Waals surface area contributed by atoms with Crippen molar-refractivity contribution in [3.63, 3.8) is 0 Å². The first-order valence-corrected chi connectivity index (χ1v) is 12.0. The van der Waals surface area contributed by atoms with Gasteiger partial charge in [-0.25, -0.2) is 0 Å². The lowest BCUT2D eigenvalue weighted by atomic mass is 9.94. The van der Waals surface area contributed by atoms with Crippen molar-refractivity contribution in [3.05, 3.63) is 95.6 Å². The fraction of sp³-hybridized carbons (Fsp3) is 0.286. The van der Waals surface area contributed by atoms with Gasteiger partial charge in [0.1, 0.15) is 35.9 Å². The average molecular weight is 504 g/mol. The summed E-state index contributed by atoms with van der Waals surface area (Å²) in [5.41, 5.74) is 1.31. The van der Waals surface area contributed by atoms with Gasteiger partial charge in [-0.05, 0) is 36.4 Å². The zero-order valence-electron chi connectivity index (χ0n) is 19.9. The van der Waals surface area contributed by atoms with Crippen molar-refractivity contribution in [2.45, 2.75) is 36.9 Å². The summed E-state index contributed by atoms with van der Waals surface area (Å²) in [5, 5.41) is 11.6. The highest BCUT2D eigenvalue weighted by Gasteiger charge is 2.56. The summed E-state index contributed by atoms with van der Waals surface area (Å²) < 4.78 is 29.6. The predicted molar refractivity (Wildman–Crippen MR) is 129 cm³/mol. The first-order chi connectivity index (χ1) is 18.0. The van der Waals surface area contributed by atoms with Crippen molar-refractivity contribution in [2.24, 2.45) is 0 Å². The molecule has 0 aliphatic carbocycles. The maximum atomic E-state index is 13.4. The lowest BCUT2D eigenvalue weighted by molar-refractivity contribution is -0.338. The molecule has 3 aliphatic rings. The zero-order valence-corrected chi connectivity index (χ0v) is 19.9. The number of ether oxygens (including phenoxy) is 5. The number of carbonyl (C=O) groups is 2. The Morgan fingerprint density at radius 1 is 0.838 bits per heavy atom. The number of aliphatic hydroxyl groups is 1. The highest BCUT2D eigenvalue weighted by molar-refractivity contribution is 6.21. The molecule has 0 radical (unpaired) electrons. The minimum atomic E-state index is -1.31. The Balaban J connectivity index is 1.33. The summed E-state index contributed by atoms with van der Waals surface area (Å²) in [7, 11) is 1.56. The van der Waals surface area contributed by atoms with E-state index in [4.69, 9.17) is 23.7 Å². The Morgan fingerprint density at radius 2 is 1.46 bits per heavy atom. The molecule has 0 spiro atoms. The summed E-state index contributed by atoms with van der Waals surface area (Å²) in [6, 6.07) is 21.5. The van der Waals surface area contributed by atoms with Crippen LogP contribution in [-0.2, 0) is 14.2 Å². The fourth-order valence-electron chi connectivity index (χ4n) is 5.00. The van der Waals surface area contributed by atoms with Gasteiger partial charge in [0, 0.05) is 5.56 Å². The van der Waals surface area contributed by atoms with Crippen molar-refractivity contribution in [2.75, 3.05) is 13.7 Å². The van der Waals surface area contributed by atoms with E-state index in [2.05, 4.69) is 0 Å². The number of fused-ring (bicyclic) bond motifs is 2. The van der Waals surface area contributed by atoms with E-state index >= 15 is 0 Å². The molecule has 9 nitrogen and oxygen atoms in total. The van der Waals surface area contributed by atoms with Gasteiger partial charge in [0.25, 0.3) is 11.8 Å². The van der Waals surface area contributed by atoms with Gasteiger partial charge in [-0.3, -0.25) is 14.5 Å². The van der Waals surface area contributed by atoms with Crippen LogP contribution in [0.4, 0.5) is 0 Å². The number of nitrogens with zero attached hydrogens (tertiary/aromatic N) is 1. The second-order valence-corrected chi connectivity index (χ2v) is 9.02. The third kappa shape index (κ3) is 4.15. The summed E-state index contributed by atoms with van der Waals surface area (Å²) in [5.74, 6) is -0.00351. The molecule has 37 heavy (non-hydrogen) atoms. The molecule has 2 saturated heterocycles. The molecular formula is C28H25NO8. The Hall–Kier alpha value is -3.76. The van der Waals surface area contributed by atoms with Crippen molar-refractivity contribution in [1.82, 2.24) is 4.90 Å². The Bertz CT molecular complexity index is 1260. The number of aliphatic hydroxyl groups excluding tert-OH is 1. The molecule has 9 heteroatoms. The van der Waals surface area contributed by atoms with E-state index in [1.54, 1.807) is 55.6 Å². The second kappa shape index (κ2) is 9.60. The van der Waals surface area contributed by atoms with Crippen molar-refractivity contribution >= 4 is 11.8 Å². The molecule has 3 aromatic carbocycles. The molecule has 3 aromatic rings. The third-order valence-electron chi connectivity index (χ3n) is 6.84. The van der Waals surface area contributed by atoms with Crippen molar-refractivity contribution in [1.29, 1.82) is 0 Å². The molecule has 2 amide bonds. The van der Waals surface area contributed by atoms with Gasteiger partial charge < -0.3 is 28.8 Å². The number of hydrogen-bond donors (Lipinski definition) is 1. The molecule has 0 saturated carbocycles. The molecule has 6 rings (SSSR count). The number of hydrogen-bond acceptors (Lipinski definition) is 8. The number of methoxy groups -OCH3 is 1. The highest BCUT2D eigenvalue weighted by atomic mass is 16.7. The largest absolute Gasteiger partial charge is 0.497 e. The van der Waals surface area contributed by atoms with Crippen LogP contribution < -0.4 is 9.47 Å². The monoisotopic (exact) mass is 503 g/mol. The van der Waals surface area contributed by atoms with Gasteiger partial charge in [0.2, 0.25) is 6.29 Å². The van der Waals surface area contributed by atoms with Crippen LogP contribution in [0.5, 0.6) is 11.5 Å². The highest BCUT2D eigenvalue weighted by Crippen LogP contribution is 2.38. The van der Waals surface area contributed by atoms with Crippen molar-refractivity contribution in [3.8, 4) is 11.5 Å². The molecule has 1 N–H and O–H groups in total. The lowest BCUT2D eigenvalue weighted by Gasteiger charge is -2.49. The van der Waals surface area contributed by atoms with E-state index < -0.39 is 48.7 Å². The summed E-state index contributed by atoms with van der Waals surface area (Å²) >= 11 is 0. The molecule has 2 fully saturated rings. The summed E-state index contributed by atoms with van der Waals surface area (Å²) in [6.07, 6.45) is -4.78. The topological polar surface area (TPSA) is 104 Å². The molecular weight excluding hydrogens is 478 g/mol. The molecule has 6 atom stereocenters. The van der Waals surface area contributed by atoms with Crippen LogP contribution in [0.1, 0.15) is 32.6 Å². The van der Waals surface area contributed by atoms with Crippen LogP contribution in [0.15, 0.2) is 78.9 Å². The fourth-order valence-corrected chi connectivity index (χ4v) is 5.00. The summed E-state index contributed by atoms with van der Waals surface area (Å²) in [6.45, 7) is 0.124. The smallest absolute Gasteiger partial charge is 0.262 e. The second-order valence-electron chi connectivity index (χ2n) is 9.02. The molecule has 0 bridgehead atoms. The number of benzene rings is 3. The number of amides is 2. The Morgan fingerprint density at radius 3 is 2.11 bits per heavy atom. The van der Waals surface area contributed by atoms with E-state index in [0.29, 0.717) is 11.5 Å². The van der Waals surface area contributed by atoms with E-state index in [0.717, 1.165) is 10.5 Å². The zero-order chi connectivity index (χ0) is 25.5. The molecule has 1 unspecified atom stereocenters. The number of imide groups is 1. The molecule has 0 aromatic heterocycles. The van der Waals surface area contributed by atoms with Gasteiger partial charge in [0.05, 0.1) is 24.8 Å². The Kier molecular flexibility index (Phi) is 6.13. The maximum absolute atomic E-state index is 13.4. The first kappa shape index (κ1) is 23.6. The third-order valence-corrected chi connectivity index (χ3v) is 6.84. The van der Waals surface area contributed by atoms with Crippen LogP contribution in [0, 0.1) is 0 Å². The van der Waals surface area contributed by atoms with Crippen LogP contribution >= 0.6 is 0 Å².